The molecule has 118 valence electrons. The molecule has 23 heavy (non-hydrogen) atoms. The van der Waals surface area contributed by atoms with E-state index in [0.717, 1.165) is 9.75 Å². The largest absolute Gasteiger partial charge is 0.359 e. The molecule has 0 aliphatic carbocycles. The summed E-state index contributed by atoms with van der Waals surface area (Å²) in [5.74, 6) is 0. The molecule has 0 saturated heterocycles. The van der Waals surface area contributed by atoms with Crippen LogP contribution in [-0.2, 0) is 0 Å². The summed E-state index contributed by atoms with van der Waals surface area (Å²) in [7, 11) is 0. The molecule has 2 rings (SSSR count). The Balaban J connectivity index is 2.29. The number of nitriles is 2. The number of hydrogen-bond donors (Lipinski definition) is 0. The molecule has 2 heterocycles. The van der Waals surface area contributed by atoms with Crippen LogP contribution in [0.25, 0.3) is 15.8 Å². The van der Waals surface area contributed by atoms with Crippen molar-refractivity contribution in [1.29, 1.82) is 10.5 Å². The Kier molecular flexibility index (Phi) is 5.60. The van der Waals surface area contributed by atoms with Gasteiger partial charge in [-0.2, -0.15) is 10.5 Å². The quantitative estimate of drug-likeness (QED) is 0.672. The van der Waals surface area contributed by atoms with E-state index < -0.39 is 0 Å². The van der Waals surface area contributed by atoms with E-state index >= 15 is 0 Å². The summed E-state index contributed by atoms with van der Waals surface area (Å²) in [4.78, 5) is 5.71. The fraction of sp³-hybridized carbons (Fsp3) is 0.333. The number of nitrogens with zero attached hydrogens (tertiary/aromatic N) is 3. The van der Waals surface area contributed by atoms with Crippen LogP contribution in [0.1, 0.15) is 32.6 Å². The predicted octanol–water partition coefficient (Wildman–Crippen LogP) is 5.53. The van der Waals surface area contributed by atoms with Crippen molar-refractivity contribution >= 4 is 33.8 Å². The average molecular weight is 342 g/mol. The standard InChI is InChI=1S/C18H19N3S2/c1-12(2)21(13(3)4)18-8-7-17(23-18)16-6-5-15(22-16)9-14(10-19)11-20/h5-9,12-13H,1-4H3. The Bertz CT molecular complexity index is 758. The summed E-state index contributed by atoms with van der Waals surface area (Å²) in [6, 6.07) is 13.0. The highest BCUT2D eigenvalue weighted by atomic mass is 32.1. The normalized spacial score (nSPS) is 10.4. The summed E-state index contributed by atoms with van der Waals surface area (Å²) in [5, 5.41) is 18.9. The van der Waals surface area contributed by atoms with Gasteiger partial charge in [0.15, 0.2) is 0 Å². The molecule has 0 amide bonds. The van der Waals surface area contributed by atoms with Gasteiger partial charge in [-0.1, -0.05) is 0 Å². The van der Waals surface area contributed by atoms with E-state index in [1.54, 1.807) is 28.7 Å². The maximum atomic E-state index is 8.84. The molecule has 3 nitrogen and oxygen atoms in total. The van der Waals surface area contributed by atoms with Crippen LogP contribution in [0.3, 0.4) is 0 Å². The Hall–Kier alpha value is -2.08. The second kappa shape index (κ2) is 7.46. The van der Waals surface area contributed by atoms with Crippen LogP contribution < -0.4 is 4.90 Å². The van der Waals surface area contributed by atoms with Crippen molar-refractivity contribution in [3.8, 4) is 21.9 Å². The van der Waals surface area contributed by atoms with Crippen LogP contribution in [0.4, 0.5) is 5.00 Å². The second-order valence-corrected chi connectivity index (χ2v) is 7.89. The molecule has 2 aromatic heterocycles. The summed E-state index contributed by atoms with van der Waals surface area (Å²) in [6.45, 7) is 8.83. The Morgan fingerprint density at radius 2 is 1.52 bits per heavy atom. The summed E-state index contributed by atoms with van der Waals surface area (Å²) >= 11 is 3.38. The molecule has 0 atom stereocenters. The van der Waals surface area contributed by atoms with Gasteiger partial charge in [-0.15, -0.1) is 22.7 Å². The fourth-order valence-corrected chi connectivity index (χ4v) is 4.81. The first-order valence-corrected chi connectivity index (χ1v) is 9.09. The van der Waals surface area contributed by atoms with Crippen molar-refractivity contribution in [1.82, 2.24) is 0 Å². The molecule has 0 fully saturated rings. The zero-order valence-corrected chi connectivity index (χ0v) is 15.3. The minimum Gasteiger partial charge on any atom is -0.359 e. The van der Waals surface area contributed by atoms with E-state index in [9.17, 15) is 0 Å². The van der Waals surface area contributed by atoms with Crippen LogP contribution in [-0.4, -0.2) is 12.1 Å². The molecule has 2 aromatic rings. The molecule has 0 unspecified atom stereocenters. The van der Waals surface area contributed by atoms with E-state index in [4.69, 9.17) is 10.5 Å². The first-order chi connectivity index (χ1) is 11.0. The molecule has 0 radical (unpaired) electrons. The summed E-state index contributed by atoms with van der Waals surface area (Å²) in [5.41, 5.74) is 0.135. The summed E-state index contributed by atoms with van der Waals surface area (Å²) < 4.78 is 0. The lowest BCUT2D eigenvalue weighted by Gasteiger charge is -2.31. The van der Waals surface area contributed by atoms with Crippen LogP contribution >= 0.6 is 22.7 Å². The Morgan fingerprint density at radius 1 is 0.957 bits per heavy atom. The molecule has 0 N–H and O–H groups in total. The molecule has 5 heteroatoms. The molecule has 0 aliphatic heterocycles. The van der Waals surface area contributed by atoms with Crippen molar-refractivity contribution in [2.45, 2.75) is 39.8 Å². The van der Waals surface area contributed by atoms with Crippen LogP contribution in [0.2, 0.25) is 0 Å². The van der Waals surface area contributed by atoms with E-state index in [1.165, 1.54) is 9.88 Å². The predicted molar refractivity (Wildman–Crippen MR) is 99.6 cm³/mol. The maximum Gasteiger partial charge on any atom is 0.131 e. The van der Waals surface area contributed by atoms with E-state index in [0.29, 0.717) is 12.1 Å². The first-order valence-electron chi connectivity index (χ1n) is 7.46. The minimum absolute atomic E-state index is 0.135. The van der Waals surface area contributed by atoms with Gasteiger partial charge in [0.25, 0.3) is 0 Å². The third-order valence-corrected chi connectivity index (χ3v) is 5.68. The van der Waals surface area contributed by atoms with Crippen molar-refractivity contribution < 1.29 is 0 Å². The Labute approximate surface area is 145 Å². The number of thiophene rings is 2. The molecule has 0 aromatic carbocycles. The van der Waals surface area contributed by atoms with E-state index in [-0.39, 0.29) is 5.57 Å². The van der Waals surface area contributed by atoms with Gasteiger partial charge in [0.05, 0.1) is 5.00 Å². The topological polar surface area (TPSA) is 50.8 Å². The number of allylic oxidation sites excluding steroid dienone is 1. The van der Waals surface area contributed by atoms with Gasteiger partial charge in [0.2, 0.25) is 0 Å². The van der Waals surface area contributed by atoms with E-state index in [2.05, 4.69) is 44.7 Å². The lowest BCUT2D eigenvalue weighted by molar-refractivity contribution is 0.613. The number of anilines is 1. The van der Waals surface area contributed by atoms with Crippen molar-refractivity contribution in [2.24, 2.45) is 0 Å². The first kappa shape index (κ1) is 17.3. The van der Waals surface area contributed by atoms with E-state index in [1.807, 2.05) is 24.3 Å². The number of rotatable bonds is 5. The van der Waals surface area contributed by atoms with Gasteiger partial charge >= 0.3 is 0 Å². The van der Waals surface area contributed by atoms with Gasteiger partial charge in [-0.25, -0.2) is 0 Å². The van der Waals surface area contributed by atoms with Crippen LogP contribution in [0.5, 0.6) is 0 Å². The van der Waals surface area contributed by atoms with Gasteiger partial charge in [-0.3, -0.25) is 0 Å². The third-order valence-electron chi connectivity index (χ3n) is 3.36. The maximum absolute atomic E-state index is 8.84. The summed E-state index contributed by atoms with van der Waals surface area (Å²) in [6.07, 6.45) is 1.64. The lowest BCUT2D eigenvalue weighted by Crippen LogP contribution is -2.36. The average Bonchev–Trinajstić information content (AvgIpc) is 3.13. The van der Waals surface area contributed by atoms with Crippen molar-refractivity contribution in [3.63, 3.8) is 0 Å². The van der Waals surface area contributed by atoms with Gasteiger partial charge in [0.1, 0.15) is 17.7 Å². The zero-order chi connectivity index (χ0) is 17.0. The fourth-order valence-electron chi connectivity index (χ4n) is 2.50. The third kappa shape index (κ3) is 4.01. The van der Waals surface area contributed by atoms with Crippen LogP contribution in [0, 0.1) is 22.7 Å². The molecule has 0 saturated carbocycles. The van der Waals surface area contributed by atoms with Crippen molar-refractivity contribution in [2.75, 3.05) is 4.90 Å². The molecular weight excluding hydrogens is 322 g/mol. The Morgan fingerprint density at radius 3 is 2.09 bits per heavy atom. The smallest absolute Gasteiger partial charge is 0.131 e. The number of hydrogen-bond acceptors (Lipinski definition) is 5. The second-order valence-electron chi connectivity index (χ2n) is 5.72. The SMILES string of the molecule is CC(C)N(c1ccc(-c2ccc(C=C(C#N)C#N)s2)s1)C(C)C. The zero-order valence-electron chi connectivity index (χ0n) is 13.7. The molecular formula is C18H19N3S2. The van der Waals surface area contributed by atoms with Crippen LogP contribution in [0.15, 0.2) is 29.8 Å². The minimum atomic E-state index is 0.135. The van der Waals surface area contributed by atoms with Gasteiger partial charge < -0.3 is 4.90 Å². The highest BCUT2D eigenvalue weighted by molar-refractivity contribution is 7.24. The molecule has 0 spiro atoms. The molecule has 0 aliphatic rings. The highest BCUT2D eigenvalue weighted by Crippen LogP contribution is 2.38. The highest BCUT2D eigenvalue weighted by Gasteiger charge is 2.17. The molecule has 0 bridgehead atoms. The van der Waals surface area contributed by atoms with Crippen molar-refractivity contribution in [3.05, 3.63) is 34.7 Å². The monoisotopic (exact) mass is 341 g/mol. The van der Waals surface area contributed by atoms with Gasteiger partial charge in [-0.05, 0) is 58.0 Å². The lowest BCUT2D eigenvalue weighted by atomic mass is 10.2. The van der Waals surface area contributed by atoms with Gasteiger partial charge in [0, 0.05) is 26.7 Å².